The highest BCUT2D eigenvalue weighted by Crippen LogP contribution is 2.38. The Hall–Kier alpha value is -1.02. The number of phosphoric ester groups is 1. The van der Waals surface area contributed by atoms with E-state index in [0.717, 1.165) is 38.5 Å². The predicted octanol–water partition coefficient (Wildman–Crippen LogP) is 23.2. The Morgan fingerprint density at radius 2 is 0.675 bits per heavy atom. The molecule has 3 unspecified atom stereocenters. The van der Waals surface area contributed by atoms with E-state index in [4.69, 9.17) is 9.05 Å². The third kappa shape index (κ3) is 68.3. The average molecular weight is 1190 g/mol. The quantitative estimate of drug-likeness (QED) is 0.0272. The van der Waals surface area contributed by atoms with Gasteiger partial charge in [0.15, 0.2) is 0 Å². The minimum atomic E-state index is -4.61. The van der Waals surface area contributed by atoms with Crippen molar-refractivity contribution in [2.75, 3.05) is 40.9 Å². The minimum absolute atomic E-state index is 0.00346. The van der Waals surface area contributed by atoms with Crippen LogP contribution in [0.1, 0.15) is 393 Å². The van der Waals surface area contributed by atoms with E-state index >= 15 is 0 Å². The van der Waals surface area contributed by atoms with Gasteiger partial charge in [0.2, 0.25) is 5.91 Å². The molecule has 0 radical (unpaired) electrons. The zero-order valence-corrected chi connectivity index (χ0v) is 57.6. The summed E-state index contributed by atoms with van der Waals surface area (Å²) in [5, 5.41) is 13.9. The van der Waals surface area contributed by atoms with Gasteiger partial charge in [-0.15, -0.1) is 0 Å². The average Bonchev–Trinajstić information content (AvgIpc) is 3.49. The van der Waals surface area contributed by atoms with E-state index in [1.807, 2.05) is 27.2 Å². The molecular formula is C74H147N2O6P. The molecule has 9 heteroatoms. The molecule has 0 saturated carbocycles. The molecule has 0 aliphatic rings. The summed E-state index contributed by atoms with van der Waals surface area (Å²) < 4.78 is 23.4. The summed E-state index contributed by atoms with van der Waals surface area (Å²) in [4.78, 5) is 25.6. The topological polar surface area (TPSA) is 108 Å². The first-order valence-electron chi connectivity index (χ1n) is 37.2. The van der Waals surface area contributed by atoms with Gasteiger partial charge in [-0.25, -0.2) is 0 Å². The molecule has 1 amide bonds. The minimum Gasteiger partial charge on any atom is -0.756 e. The number of allylic oxidation sites excluding steroid dienone is 3. The van der Waals surface area contributed by atoms with Crippen molar-refractivity contribution < 1.29 is 32.9 Å². The fourth-order valence-electron chi connectivity index (χ4n) is 11.6. The monoisotopic (exact) mass is 1190 g/mol. The van der Waals surface area contributed by atoms with Gasteiger partial charge in [0.25, 0.3) is 7.82 Å². The smallest absolute Gasteiger partial charge is 0.268 e. The maximum Gasteiger partial charge on any atom is 0.268 e. The van der Waals surface area contributed by atoms with Crippen LogP contribution in [0.15, 0.2) is 24.3 Å². The van der Waals surface area contributed by atoms with Crippen LogP contribution < -0.4 is 10.2 Å². The van der Waals surface area contributed by atoms with Crippen molar-refractivity contribution in [2.45, 2.75) is 405 Å². The summed E-state index contributed by atoms with van der Waals surface area (Å²) in [5.74, 6) is -0.198. The van der Waals surface area contributed by atoms with Gasteiger partial charge < -0.3 is 28.8 Å². The molecule has 0 saturated heterocycles. The fourth-order valence-corrected chi connectivity index (χ4v) is 12.4. The number of carbonyl (C=O) groups is 1. The molecule has 0 rings (SSSR count). The SMILES string of the molecule is CCCCCCCCCCCCCCCCC/C=C/CC/C=C/C(O)C(COP(=O)([O-])OCC[N+](C)(C)C)NC(=O)CCCCCCCCCCCCCCCCCCCCCCCCCCCCCCCCCCCCCCCCCC. The summed E-state index contributed by atoms with van der Waals surface area (Å²) in [6.07, 6.45) is 86.3. The third-order valence-corrected chi connectivity index (χ3v) is 18.4. The lowest BCUT2D eigenvalue weighted by atomic mass is 10.0. The molecule has 0 heterocycles. The molecule has 0 aromatic carbocycles. The van der Waals surface area contributed by atoms with E-state index in [0.29, 0.717) is 17.4 Å². The van der Waals surface area contributed by atoms with Crippen LogP contribution in [-0.2, 0) is 18.4 Å². The van der Waals surface area contributed by atoms with E-state index in [1.54, 1.807) is 6.08 Å². The van der Waals surface area contributed by atoms with E-state index in [1.165, 1.54) is 334 Å². The second kappa shape index (κ2) is 65.4. The van der Waals surface area contributed by atoms with E-state index in [-0.39, 0.29) is 19.1 Å². The highest BCUT2D eigenvalue weighted by molar-refractivity contribution is 7.45. The maximum atomic E-state index is 13.0. The van der Waals surface area contributed by atoms with Crippen LogP contribution in [0, 0.1) is 0 Å². The highest BCUT2D eigenvalue weighted by Gasteiger charge is 2.23. The number of aliphatic hydroxyl groups excluding tert-OH is 1. The van der Waals surface area contributed by atoms with Crippen molar-refractivity contribution >= 4 is 13.7 Å². The molecular weight excluding hydrogens is 1040 g/mol. The Balaban J connectivity index is 3.91. The number of phosphoric acid groups is 1. The van der Waals surface area contributed by atoms with Gasteiger partial charge in [0, 0.05) is 6.42 Å². The number of likely N-dealkylation sites (N-methyl/N-ethyl adjacent to an activating group) is 1. The molecule has 0 spiro atoms. The normalized spacial score (nSPS) is 13.7. The van der Waals surface area contributed by atoms with Gasteiger partial charge >= 0.3 is 0 Å². The van der Waals surface area contributed by atoms with Crippen molar-refractivity contribution in [3.8, 4) is 0 Å². The standard InChI is InChI=1S/C74H147N2O6P/c1-6-8-10-12-14-16-18-20-22-24-26-28-29-30-31-32-33-34-35-36-37-38-39-40-41-42-43-44-45-46-48-50-52-54-56-58-60-62-64-66-68-74(78)75-72(71-82-83(79,80)81-70-69-76(3,4)5)73(77)67-65-63-61-59-57-55-53-51-49-47-27-25-23-21-19-17-15-13-11-9-7-2/h57,59,65,67,72-73,77H,6-56,58,60-64,66,68-71H2,1-5H3,(H-,75,78,79,80)/b59-57+,67-65+. The zero-order chi connectivity index (χ0) is 60.5. The Morgan fingerprint density at radius 3 is 0.976 bits per heavy atom. The number of amides is 1. The van der Waals surface area contributed by atoms with Crippen LogP contribution in [-0.4, -0.2) is 68.5 Å². The highest BCUT2D eigenvalue weighted by atomic mass is 31.2. The van der Waals surface area contributed by atoms with Crippen molar-refractivity contribution in [1.29, 1.82) is 0 Å². The summed E-state index contributed by atoms with van der Waals surface area (Å²) in [7, 11) is 1.26. The van der Waals surface area contributed by atoms with Gasteiger partial charge in [-0.05, 0) is 32.1 Å². The molecule has 0 aliphatic carbocycles. The lowest BCUT2D eigenvalue weighted by Crippen LogP contribution is -2.45. The lowest BCUT2D eigenvalue weighted by molar-refractivity contribution is -0.870. The Morgan fingerprint density at radius 1 is 0.410 bits per heavy atom. The zero-order valence-electron chi connectivity index (χ0n) is 56.7. The molecule has 0 bridgehead atoms. The number of carbonyl (C=O) groups excluding carboxylic acids is 1. The molecule has 0 fully saturated rings. The summed E-state index contributed by atoms with van der Waals surface area (Å²) in [5.41, 5.74) is 0. The van der Waals surface area contributed by atoms with Crippen LogP contribution in [0.3, 0.4) is 0 Å². The largest absolute Gasteiger partial charge is 0.756 e. The van der Waals surface area contributed by atoms with E-state index < -0.39 is 20.0 Å². The number of quaternary nitrogens is 1. The number of hydrogen-bond acceptors (Lipinski definition) is 6. The van der Waals surface area contributed by atoms with Crippen LogP contribution >= 0.6 is 7.82 Å². The Bertz CT molecular complexity index is 1400. The van der Waals surface area contributed by atoms with Gasteiger partial charge in [-0.3, -0.25) is 9.36 Å². The first-order chi connectivity index (χ1) is 40.5. The number of hydrogen-bond donors (Lipinski definition) is 2. The Kier molecular flexibility index (Phi) is 64.6. The molecule has 0 aromatic heterocycles. The van der Waals surface area contributed by atoms with Crippen molar-refractivity contribution in [1.82, 2.24) is 5.32 Å². The number of aliphatic hydroxyl groups is 1. The van der Waals surface area contributed by atoms with Crippen LogP contribution in [0.4, 0.5) is 0 Å². The van der Waals surface area contributed by atoms with Crippen molar-refractivity contribution in [2.24, 2.45) is 0 Å². The predicted molar refractivity (Wildman–Crippen MR) is 362 cm³/mol. The lowest BCUT2D eigenvalue weighted by Gasteiger charge is -2.29. The first-order valence-corrected chi connectivity index (χ1v) is 38.7. The molecule has 83 heavy (non-hydrogen) atoms. The summed E-state index contributed by atoms with van der Waals surface area (Å²) in [6, 6.07) is -0.902. The van der Waals surface area contributed by atoms with Gasteiger partial charge in [0.1, 0.15) is 13.2 Å². The van der Waals surface area contributed by atoms with Crippen LogP contribution in [0.5, 0.6) is 0 Å². The number of nitrogens with one attached hydrogen (secondary N) is 1. The van der Waals surface area contributed by atoms with Crippen LogP contribution in [0.2, 0.25) is 0 Å². The van der Waals surface area contributed by atoms with Crippen molar-refractivity contribution in [3.63, 3.8) is 0 Å². The van der Waals surface area contributed by atoms with E-state index in [2.05, 4.69) is 31.3 Å². The summed E-state index contributed by atoms with van der Waals surface area (Å²) >= 11 is 0. The van der Waals surface area contributed by atoms with E-state index in [9.17, 15) is 19.4 Å². The molecule has 494 valence electrons. The van der Waals surface area contributed by atoms with Gasteiger partial charge in [-0.2, -0.15) is 0 Å². The van der Waals surface area contributed by atoms with Crippen molar-refractivity contribution in [3.05, 3.63) is 24.3 Å². The van der Waals surface area contributed by atoms with Gasteiger partial charge in [-0.1, -0.05) is 378 Å². The molecule has 2 N–H and O–H groups in total. The van der Waals surface area contributed by atoms with Gasteiger partial charge in [0.05, 0.1) is 39.9 Å². The molecule has 8 nitrogen and oxygen atoms in total. The third-order valence-electron chi connectivity index (χ3n) is 17.4. The Labute approximate surface area is 519 Å². The number of nitrogens with zero attached hydrogens (tertiary/aromatic N) is 1. The number of rotatable bonds is 70. The van der Waals surface area contributed by atoms with Crippen LogP contribution in [0.25, 0.3) is 0 Å². The maximum absolute atomic E-state index is 13.0. The molecule has 0 aliphatic heterocycles. The second-order valence-electron chi connectivity index (χ2n) is 27.0. The first kappa shape index (κ1) is 82.0. The second-order valence-corrected chi connectivity index (χ2v) is 28.4. The molecule has 0 aromatic rings. The summed E-state index contributed by atoms with van der Waals surface area (Å²) in [6.45, 7) is 4.69. The fraction of sp³-hybridized carbons (Fsp3) is 0.932. The number of unbranched alkanes of at least 4 members (excludes halogenated alkanes) is 55. The molecule has 3 atom stereocenters.